The largest absolute Gasteiger partial charge is 0.330 e. The van der Waals surface area contributed by atoms with Crippen molar-refractivity contribution in [3.05, 3.63) is 0 Å². The maximum atomic E-state index is 5.95. The second-order valence-electron chi connectivity index (χ2n) is 15.4. The van der Waals surface area contributed by atoms with Crippen LogP contribution in [0.1, 0.15) is 232 Å². The summed E-state index contributed by atoms with van der Waals surface area (Å²) in [6, 6.07) is 0.470. The van der Waals surface area contributed by atoms with Crippen molar-refractivity contribution >= 4 is 5.84 Å². The van der Waals surface area contributed by atoms with Crippen molar-refractivity contribution in [1.29, 1.82) is 0 Å². The number of hydrogen-bond donors (Lipinski definition) is 1. The molecule has 2 N–H and O–H groups in total. The van der Waals surface area contributed by atoms with Gasteiger partial charge in [-0.2, -0.15) is 0 Å². The van der Waals surface area contributed by atoms with E-state index in [1.807, 2.05) is 0 Å². The lowest BCUT2D eigenvalue weighted by molar-refractivity contribution is -0.817. The van der Waals surface area contributed by atoms with E-state index in [0.717, 1.165) is 17.4 Å². The average Bonchev–Trinajstić information content (AvgIpc) is 3.35. The quantitative estimate of drug-likeness (QED) is 0.0541. The maximum absolute atomic E-state index is 5.95. The van der Waals surface area contributed by atoms with Crippen LogP contribution < -0.4 is 5.73 Å². The topological polar surface area (TPSA) is 38.4 Å². The van der Waals surface area contributed by atoms with Gasteiger partial charge < -0.3 is 5.73 Å². The summed E-state index contributed by atoms with van der Waals surface area (Å²) in [6.07, 6.45) is 48.4. The van der Waals surface area contributed by atoms with Crippen LogP contribution in [0.2, 0.25) is 0 Å². The molecule has 1 rings (SSSR count). The monoisotopic (exact) mass is 633 g/mol. The molecule has 268 valence electrons. The predicted octanol–water partition coefficient (Wildman–Crippen LogP) is 13.5. The third-order valence-electron chi connectivity index (χ3n) is 10.8. The molecule has 2 atom stereocenters. The summed E-state index contributed by atoms with van der Waals surface area (Å²) < 4.78 is 1.11. The van der Waals surface area contributed by atoms with Gasteiger partial charge in [-0.15, -0.1) is 0 Å². The van der Waals surface area contributed by atoms with Gasteiger partial charge in [0.1, 0.15) is 12.6 Å². The molecular weight excluding hydrogens is 546 g/mol. The molecule has 0 saturated carbocycles. The average molecular weight is 633 g/mol. The van der Waals surface area contributed by atoms with Crippen LogP contribution in [0.5, 0.6) is 0 Å². The van der Waals surface area contributed by atoms with Crippen LogP contribution in [0, 0.1) is 0 Å². The highest BCUT2D eigenvalue weighted by molar-refractivity contribution is 5.77. The molecule has 0 aliphatic carbocycles. The van der Waals surface area contributed by atoms with Gasteiger partial charge in [0, 0.05) is 6.42 Å². The number of likely N-dealkylation sites (N-methyl/N-ethyl adjacent to an activating group) is 1. The van der Waals surface area contributed by atoms with E-state index in [0.29, 0.717) is 6.04 Å². The Hall–Kier alpha value is -0.410. The molecule has 0 fully saturated rings. The molecule has 0 radical (unpaired) electrons. The van der Waals surface area contributed by atoms with Gasteiger partial charge in [0.15, 0.2) is 5.84 Å². The van der Waals surface area contributed by atoms with Crippen LogP contribution in [0.15, 0.2) is 4.99 Å². The molecule has 3 heteroatoms. The molecule has 0 aromatic rings. The molecule has 1 aliphatic heterocycles. The van der Waals surface area contributed by atoms with Crippen molar-refractivity contribution in [3.63, 3.8) is 0 Å². The Morgan fingerprint density at radius 2 is 0.800 bits per heavy atom. The van der Waals surface area contributed by atoms with Crippen molar-refractivity contribution in [2.75, 3.05) is 26.7 Å². The van der Waals surface area contributed by atoms with E-state index in [9.17, 15) is 0 Å². The Balaban J connectivity index is 2.02. The van der Waals surface area contributed by atoms with Gasteiger partial charge in [0.2, 0.25) is 0 Å². The lowest BCUT2D eigenvalue weighted by Gasteiger charge is -2.31. The Morgan fingerprint density at radius 3 is 1.13 bits per heavy atom. The number of unbranched alkanes of at least 4 members (excludes halogenated alkanes) is 30. The number of quaternary nitrogens is 1. The first-order valence-corrected chi connectivity index (χ1v) is 21.3. The molecule has 0 spiro atoms. The fourth-order valence-electron chi connectivity index (χ4n) is 7.70. The first kappa shape index (κ1) is 42.6. The molecule has 1 aliphatic rings. The summed E-state index contributed by atoms with van der Waals surface area (Å²) in [5.41, 5.74) is 5.95. The van der Waals surface area contributed by atoms with Gasteiger partial charge in [-0.1, -0.05) is 200 Å². The zero-order chi connectivity index (χ0) is 32.5. The Kier molecular flexibility index (Phi) is 30.4. The number of nitrogens with zero attached hydrogens (tertiary/aromatic N) is 2. The Bertz CT molecular complexity index is 631. The molecule has 0 bridgehead atoms. The fraction of sp³-hybridized carbons (Fsp3) is 0.976. The predicted molar refractivity (Wildman–Crippen MR) is 205 cm³/mol. The fourth-order valence-corrected chi connectivity index (χ4v) is 7.70. The smallest absolute Gasteiger partial charge is 0.198 e. The summed E-state index contributed by atoms with van der Waals surface area (Å²) in [4.78, 5) is 5.24. The maximum Gasteiger partial charge on any atom is 0.198 e. The first-order valence-electron chi connectivity index (χ1n) is 21.3. The summed E-state index contributed by atoms with van der Waals surface area (Å²) in [6.45, 7) is 7.88. The Morgan fingerprint density at radius 1 is 0.489 bits per heavy atom. The number of hydrogen-bond acceptors (Lipinski definition) is 2. The van der Waals surface area contributed by atoms with Crippen LogP contribution >= 0.6 is 0 Å². The first-order chi connectivity index (χ1) is 22.2. The van der Waals surface area contributed by atoms with Gasteiger partial charge in [-0.3, -0.25) is 4.48 Å². The van der Waals surface area contributed by atoms with Gasteiger partial charge in [0.05, 0.1) is 13.6 Å². The van der Waals surface area contributed by atoms with E-state index in [1.54, 1.807) is 0 Å². The molecule has 0 aromatic carbocycles. The zero-order valence-corrected chi connectivity index (χ0v) is 31.7. The number of nitrogens with two attached hydrogens (primary N) is 1. The van der Waals surface area contributed by atoms with Crippen LogP contribution in [-0.4, -0.2) is 43.0 Å². The number of amidine groups is 1. The van der Waals surface area contributed by atoms with E-state index < -0.39 is 0 Å². The molecule has 0 aromatic heterocycles. The van der Waals surface area contributed by atoms with Crippen molar-refractivity contribution < 1.29 is 4.48 Å². The zero-order valence-electron chi connectivity index (χ0n) is 31.7. The van der Waals surface area contributed by atoms with Gasteiger partial charge in [-0.25, -0.2) is 4.99 Å². The molecule has 2 unspecified atom stereocenters. The van der Waals surface area contributed by atoms with Crippen LogP contribution in [0.4, 0.5) is 0 Å². The highest BCUT2D eigenvalue weighted by Gasteiger charge is 2.37. The van der Waals surface area contributed by atoms with Crippen molar-refractivity contribution in [2.24, 2.45) is 10.7 Å². The number of aliphatic imine (C=N–C) groups is 1. The normalized spacial score (nSPS) is 18.2. The third kappa shape index (κ3) is 25.3. The summed E-state index contributed by atoms with van der Waals surface area (Å²) in [5, 5.41) is 0. The van der Waals surface area contributed by atoms with Crippen LogP contribution in [0.3, 0.4) is 0 Å². The lowest BCUT2D eigenvalue weighted by Crippen LogP contribution is -2.48. The second-order valence-corrected chi connectivity index (χ2v) is 15.4. The van der Waals surface area contributed by atoms with Gasteiger partial charge in [0.25, 0.3) is 0 Å². The minimum atomic E-state index is 0.470. The molecule has 3 nitrogen and oxygen atoms in total. The van der Waals surface area contributed by atoms with E-state index in [-0.39, 0.29) is 0 Å². The molecular formula is C42H86N3+. The van der Waals surface area contributed by atoms with E-state index >= 15 is 0 Å². The molecule has 45 heavy (non-hydrogen) atoms. The van der Waals surface area contributed by atoms with Gasteiger partial charge in [-0.05, 0) is 32.2 Å². The van der Waals surface area contributed by atoms with Crippen molar-refractivity contribution in [3.8, 4) is 0 Å². The second kappa shape index (κ2) is 32.2. The van der Waals surface area contributed by atoms with Crippen LogP contribution in [0.25, 0.3) is 0 Å². The highest BCUT2D eigenvalue weighted by atomic mass is 15.4. The van der Waals surface area contributed by atoms with E-state index in [4.69, 9.17) is 10.7 Å². The minimum Gasteiger partial charge on any atom is -0.330 e. The highest BCUT2D eigenvalue weighted by Crippen LogP contribution is 2.25. The SMILES string of the molecule is CCCCCCCCCCCCCCCCCCC1=NC(CCN)C[N+]1(C)CCCCCCCCCCCCCCCCCC. The minimum absolute atomic E-state index is 0.470. The van der Waals surface area contributed by atoms with E-state index in [2.05, 4.69) is 20.9 Å². The third-order valence-corrected chi connectivity index (χ3v) is 10.8. The van der Waals surface area contributed by atoms with Crippen LogP contribution in [-0.2, 0) is 0 Å². The summed E-state index contributed by atoms with van der Waals surface area (Å²) in [7, 11) is 2.48. The van der Waals surface area contributed by atoms with Gasteiger partial charge >= 0.3 is 0 Å². The molecule has 1 heterocycles. The summed E-state index contributed by atoms with van der Waals surface area (Å²) in [5.74, 6) is 1.50. The summed E-state index contributed by atoms with van der Waals surface area (Å²) >= 11 is 0. The Labute approximate surface area is 285 Å². The lowest BCUT2D eigenvalue weighted by atomic mass is 10.0. The van der Waals surface area contributed by atoms with E-state index in [1.165, 1.54) is 231 Å². The van der Waals surface area contributed by atoms with Crippen molar-refractivity contribution in [1.82, 2.24) is 0 Å². The van der Waals surface area contributed by atoms with Crippen molar-refractivity contribution in [2.45, 2.75) is 238 Å². The standard InChI is InChI=1S/C42H86N3/c1-4-6-8-10-12-14-16-18-20-22-24-26-28-30-32-34-36-42-44-41(37-38-43)40-45(42,3)39-35-33-31-29-27-25-23-21-19-17-15-13-11-9-7-5-2/h41H,4-40,43H2,1-3H3/q+1. The molecule has 0 saturated heterocycles. The number of rotatable bonds is 36. The molecule has 0 amide bonds.